The van der Waals surface area contributed by atoms with Gasteiger partial charge in [0.1, 0.15) is 6.61 Å². The van der Waals surface area contributed by atoms with E-state index < -0.39 is 6.10 Å². The average molecular weight is 422 g/mol. The first-order chi connectivity index (χ1) is 15.0. The first-order valence-corrected chi connectivity index (χ1v) is 10.2. The molecule has 0 aliphatic carbocycles. The lowest BCUT2D eigenvalue weighted by Gasteiger charge is -2.36. The smallest absolute Gasteiger partial charge is 0.293 e. The average Bonchev–Trinajstić information content (AvgIpc) is 3.22. The van der Waals surface area contributed by atoms with E-state index in [1.165, 1.54) is 0 Å². The normalized spacial score (nSPS) is 18.3. The Hall–Kier alpha value is -3.69. The third kappa shape index (κ3) is 3.54. The standard InChI is InChI=1S/C21H22N6O4/c1-13-11-14(2)27-21(22-13)23-18(24-27)20(29)26-9-7-25(8-10-26)19(28)17-12-30-15-5-3-4-6-16(15)31-17/h3-6,11,17H,7-10,12H2,1-2H3. The number of carbonyl (C=O) groups is 2. The minimum Gasteiger partial charge on any atom is -0.485 e. The molecular formula is C21H22N6O4. The van der Waals surface area contributed by atoms with Gasteiger partial charge in [0, 0.05) is 37.6 Å². The van der Waals surface area contributed by atoms with Gasteiger partial charge in [0.2, 0.25) is 11.9 Å². The number of amides is 2. The van der Waals surface area contributed by atoms with Crippen molar-refractivity contribution in [3.05, 3.63) is 47.5 Å². The van der Waals surface area contributed by atoms with Crippen LogP contribution in [0.15, 0.2) is 30.3 Å². The van der Waals surface area contributed by atoms with E-state index in [0.29, 0.717) is 43.5 Å². The van der Waals surface area contributed by atoms with Crippen LogP contribution in [-0.4, -0.2) is 80.1 Å². The molecule has 2 amide bonds. The van der Waals surface area contributed by atoms with Gasteiger partial charge in [-0.25, -0.2) is 9.50 Å². The van der Waals surface area contributed by atoms with Gasteiger partial charge in [0.25, 0.3) is 17.6 Å². The number of rotatable bonds is 2. The van der Waals surface area contributed by atoms with E-state index in [-0.39, 0.29) is 24.2 Å². The van der Waals surface area contributed by atoms with Crippen LogP contribution in [0, 0.1) is 13.8 Å². The van der Waals surface area contributed by atoms with E-state index in [9.17, 15) is 9.59 Å². The molecule has 1 fully saturated rings. The molecular weight excluding hydrogens is 400 g/mol. The number of para-hydroxylation sites is 2. The lowest BCUT2D eigenvalue weighted by atomic mass is 10.2. The third-order valence-electron chi connectivity index (χ3n) is 5.47. The Morgan fingerprint density at radius 1 is 1.00 bits per heavy atom. The van der Waals surface area contributed by atoms with Crippen LogP contribution in [0.1, 0.15) is 22.0 Å². The summed E-state index contributed by atoms with van der Waals surface area (Å²) in [6.45, 7) is 5.56. The largest absolute Gasteiger partial charge is 0.485 e. The van der Waals surface area contributed by atoms with Gasteiger partial charge in [-0.1, -0.05) is 12.1 Å². The summed E-state index contributed by atoms with van der Waals surface area (Å²) >= 11 is 0. The van der Waals surface area contributed by atoms with Crippen LogP contribution >= 0.6 is 0 Å². The van der Waals surface area contributed by atoms with Gasteiger partial charge in [-0.05, 0) is 32.0 Å². The summed E-state index contributed by atoms with van der Waals surface area (Å²) < 4.78 is 13.0. The molecule has 1 saturated heterocycles. The topological polar surface area (TPSA) is 102 Å². The maximum absolute atomic E-state index is 12.9. The molecule has 0 spiro atoms. The first-order valence-electron chi connectivity index (χ1n) is 10.2. The molecule has 1 atom stereocenters. The Bertz CT molecular complexity index is 1170. The number of hydrogen-bond donors (Lipinski definition) is 0. The van der Waals surface area contributed by atoms with Crippen LogP contribution in [-0.2, 0) is 4.79 Å². The predicted molar refractivity (Wildman–Crippen MR) is 109 cm³/mol. The molecule has 31 heavy (non-hydrogen) atoms. The Kier molecular flexibility index (Phi) is 4.68. The molecule has 5 rings (SSSR count). The van der Waals surface area contributed by atoms with Crippen molar-refractivity contribution < 1.29 is 19.1 Å². The van der Waals surface area contributed by atoms with Gasteiger partial charge in [-0.15, -0.1) is 5.10 Å². The summed E-state index contributed by atoms with van der Waals surface area (Å²) in [6.07, 6.45) is -0.686. The maximum Gasteiger partial charge on any atom is 0.293 e. The zero-order valence-electron chi connectivity index (χ0n) is 17.3. The Balaban J connectivity index is 1.23. The van der Waals surface area contributed by atoms with Crippen molar-refractivity contribution in [3.8, 4) is 11.5 Å². The minimum atomic E-state index is -0.686. The van der Waals surface area contributed by atoms with Crippen LogP contribution in [0.2, 0.25) is 0 Å². The molecule has 0 saturated carbocycles. The zero-order valence-corrected chi connectivity index (χ0v) is 17.3. The zero-order chi connectivity index (χ0) is 21.5. The van der Waals surface area contributed by atoms with Gasteiger partial charge >= 0.3 is 0 Å². The number of fused-ring (bicyclic) bond motifs is 2. The molecule has 10 nitrogen and oxygen atoms in total. The molecule has 2 aliphatic rings. The molecule has 4 heterocycles. The highest BCUT2D eigenvalue weighted by Gasteiger charge is 2.34. The number of benzene rings is 1. The monoisotopic (exact) mass is 422 g/mol. The molecule has 2 aliphatic heterocycles. The van der Waals surface area contributed by atoms with Crippen molar-refractivity contribution in [1.29, 1.82) is 0 Å². The van der Waals surface area contributed by atoms with Crippen molar-refractivity contribution in [1.82, 2.24) is 29.4 Å². The summed E-state index contributed by atoms with van der Waals surface area (Å²) in [5.41, 5.74) is 1.68. The lowest BCUT2D eigenvalue weighted by molar-refractivity contribution is -0.142. The van der Waals surface area contributed by atoms with Crippen LogP contribution < -0.4 is 9.47 Å². The molecule has 3 aromatic rings. The molecule has 0 N–H and O–H groups in total. The van der Waals surface area contributed by atoms with Crippen molar-refractivity contribution in [3.63, 3.8) is 0 Å². The van der Waals surface area contributed by atoms with E-state index in [2.05, 4.69) is 15.1 Å². The summed E-state index contributed by atoms with van der Waals surface area (Å²) in [7, 11) is 0. The number of aryl methyl sites for hydroxylation is 2. The fourth-order valence-corrected chi connectivity index (χ4v) is 3.87. The summed E-state index contributed by atoms with van der Waals surface area (Å²) in [5, 5.41) is 4.31. The molecule has 160 valence electrons. The summed E-state index contributed by atoms with van der Waals surface area (Å²) in [5.74, 6) is 1.33. The van der Waals surface area contributed by atoms with Gasteiger partial charge in [0.15, 0.2) is 11.5 Å². The van der Waals surface area contributed by atoms with Crippen molar-refractivity contribution >= 4 is 17.6 Å². The number of hydrogen-bond acceptors (Lipinski definition) is 7. The van der Waals surface area contributed by atoms with Crippen LogP contribution in [0.3, 0.4) is 0 Å². The van der Waals surface area contributed by atoms with Gasteiger partial charge < -0.3 is 19.3 Å². The summed E-state index contributed by atoms with van der Waals surface area (Å²) in [4.78, 5) is 37.8. The van der Waals surface area contributed by atoms with Gasteiger partial charge in [-0.2, -0.15) is 4.98 Å². The second-order valence-electron chi connectivity index (χ2n) is 7.67. The fourth-order valence-electron chi connectivity index (χ4n) is 3.87. The quantitative estimate of drug-likeness (QED) is 0.604. The Labute approximate surface area is 178 Å². The molecule has 0 bridgehead atoms. The predicted octanol–water partition coefficient (Wildman–Crippen LogP) is 0.866. The second-order valence-corrected chi connectivity index (χ2v) is 7.67. The number of ether oxygens (including phenoxy) is 2. The highest BCUT2D eigenvalue weighted by molar-refractivity contribution is 5.91. The minimum absolute atomic E-state index is 0.113. The second kappa shape index (κ2) is 7.53. The first kappa shape index (κ1) is 19.3. The highest BCUT2D eigenvalue weighted by Crippen LogP contribution is 2.31. The molecule has 1 aromatic carbocycles. The van der Waals surface area contributed by atoms with E-state index >= 15 is 0 Å². The number of aromatic nitrogens is 4. The third-order valence-corrected chi connectivity index (χ3v) is 5.47. The van der Waals surface area contributed by atoms with E-state index in [0.717, 1.165) is 11.4 Å². The van der Waals surface area contributed by atoms with Crippen LogP contribution in [0.5, 0.6) is 11.5 Å². The lowest BCUT2D eigenvalue weighted by Crippen LogP contribution is -2.55. The molecule has 2 aromatic heterocycles. The fraction of sp³-hybridized carbons (Fsp3) is 0.381. The molecule has 1 unspecified atom stereocenters. The number of nitrogens with zero attached hydrogens (tertiary/aromatic N) is 6. The van der Waals surface area contributed by atoms with Crippen molar-refractivity contribution in [2.45, 2.75) is 20.0 Å². The highest BCUT2D eigenvalue weighted by atomic mass is 16.6. The molecule has 0 radical (unpaired) electrons. The Morgan fingerprint density at radius 3 is 2.48 bits per heavy atom. The van der Waals surface area contributed by atoms with Crippen molar-refractivity contribution in [2.75, 3.05) is 32.8 Å². The van der Waals surface area contributed by atoms with E-state index in [4.69, 9.17) is 9.47 Å². The number of carbonyl (C=O) groups excluding carboxylic acids is 2. The van der Waals surface area contributed by atoms with E-state index in [1.807, 2.05) is 38.1 Å². The van der Waals surface area contributed by atoms with Gasteiger partial charge in [0.05, 0.1) is 0 Å². The SMILES string of the molecule is Cc1cc(C)n2nc(C(=O)N3CCN(C(=O)C4COc5ccccc5O4)CC3)nc2n1. The Morgan fingerprint density at radius 2 is 1.71 bits per heavy atom. The number of piperazine rings is 1. The van der Waals surface area contributed by atoms with Crippen molar-refractivity contribution in [2.24, 2.45) is 0 Å². The molecule has 10 heteroatoms. The maximum atomic E-state index is 12.9. The van der Waals surface area contributed by atoms with E-state index in [1.54, 1.807) is 20.4 Å². The van der Waals surface area contributed by atoms with Crippen LogP contribution in [0.25, 0.3) is 5.78 Å². The van der Waals surface area contributed by atoms with Crippen LogP contribution in [0.4, 0.5) is 0 Å². The summed E-state index contributed by atoms with van der Waals surface area (Å²) in [6, 6.07) is 9.18. The van der Waals surface area contributed by atoms with Gasteiger partial charge in [-0.3, -0.25) is 9.59 Å².